The van der Waals surface area contributed by atoms with Crippen LogP contribution >= 0.6 is 11.8 Å². The van der Waals surface area contributed by atoms with Crippen molar-refractivity contribution in [1.29, 1.82) is 0 Å². The number of nitrogens with zero attached hydrogens (tertiary/aromatic N) is 5. The maximum Gasteiger partial charge on any atom is 0.214 e. The summed E-state index contributed by atoms with van der Waals surface area (Å²) >= 11 is 1.23. The second-order valence-corrected chi connectivity index (χ2v) is 5.26. The molecule has 0 radical (unpaired) electrons. The number of aromatic nitrogens is 5. The van der Waals surface area contributed by atoms with Crippen molar-refractivity contribution in [2.24, 2.45) is 10.9 Å². The summed E-state index contributed by atoms with van der Waals surface area (Å²) in [6, 6.07) is 0. The Bertz CT molecular complexity index is 668. The summed E-state index contributed by atoms with van der Waals surface area (Å²) in [6.07, 6.45) is 1.44. The molecule has 0 bridgehead atoms. The van der Waals surface area contributed by atoms with E-state index in [1.54, 1.807) is 0 Å². The zero-order valence-corrected chi connectivity index (χ0v) is 12.9. The number of aryl methyl sites for hydroxylation is 2. The van der Waals surface area contributed by atoms with Crippen LogP contribution in [0.2, 0.25) is 0 Å². The number of rotatable bonds is 5. The maximum absolute atomic E-state index is 9.03. The lowest BCUT2D eigenvalue weighted by Gasteiger charge is -2.12. The van der Waals surface area contributed by atoms with E-state index in [-0.39, 0.29) is 5.84 Å². The van der Waals surface area contributed by atoms with Gasteiger partial charge in [0.15, 0.2) is 5.84 Å². The molecule has 2 rings (SSSR count). The molecule has 0 unspecified atom stereocenters. The number of nitrogens with one attached hydrogen (secondary N) is 1. The van der Waals surface area contributed by atoms with Crippen molar-refractivity contribution in [3.63, 3.8) is 0 Å². The first-order valence-corrected chi connectivity index (χ1v) is 7.35. The molecule has 0 aromatic carbocycles. The molecule has 2 heterocycles. The minimum atomic E-state index is 0.0196. The summed E-state index contributed by atoms with van der Waals surface area (Å²) in [6.45, 7) is 5.80. The first kappa shape index (κ1) is 15.2. The summed E-state index contributed by atoms with van der Waals surface area (Å²) in [4.78, 5) is 4.22. The Morgan fingerprint density at radius 3 is 2.62 bits per heavy atom. The highest BCUT2D eigenvalue weighted by Gasteiger charge is 2.20. The molecule has 4 N–H and O–H groups in total. The average molecular weight is 307 g/mol. The average Bonchev–Trinajstić information content (AvgIpc) is 2.90. The van der Waals surface area contributed by atoms with Gasteiger partial charge in [-0.2, -0.15) is 5.10 Å². The number of hydrogen-bond donors (Lipinski definition) is 3. The molecule has 0 saturated carbocycles. The molecule has 9 heteroatoms. The smallest absolute Gasteiger partial charge is 0.214 e. The molecule has 2 aromatic heterocycles. The van der Waals surface area contributed by atoms with Crippen LogP contribution < -0.4 is 5.73 Å². The molecule has 0 spiro atoms. The van der Waals surface area contributed by atoms with Gasteiger partial charge in [-0.1, -0.05) is 19.0 Å². The molecule has 0 saturated heterocycles. The summed E-state index contributed by atoms with van der Waals surface area (Å²) < 4.78 is 0. The summed E-state index contributed by atoms with van der Waals surface area (Å²) in [5.74, 6) is 0.725. The highest BCUT2D eigenvalue weighted by atomic mass is 32.2. The molecule has 21 heavy (non-hydrogen) atoms. The number of oxime groups is 1. The van der Waals surface area contributed by atoms with E-state index in [0.29, 0.717) is 28.0 Å². The van der Waals surface area contributed by atoms with Crippen LogP contribution in [0.1, 0.15) is 36.5 Å². The van der Waals surface area contributed by atoms with Crippen molar-refractivity contribution in [2.45, 2.75) is 43.8 Å². The molecule has 8 nitrogen and oxygen atoms in total. The van der Waals surface area contributed by atoms with Gasteiger partial charge < -0.3 is 10.9 Å². The Morgan fingerprint density at radius 2 is 2.10 bits per heavy atom. The fraction of sp³-hybridized carbons (Fsp3) is 0.417. The molecule has 0 aliphatic heterocycles. The van der Waals surface area contributed by atoms with Gasteiger partial charge in [0.05, 0.1) is 11.3 Å². The van der Waals surface area contributed by atoms with Crippen LogP contribution in [0.5, 0.6) is 0 Å². The van der Waals surface area contributed by atoms with E-state index in [4.69, 9.17) is 10.9 Å². The quantitative estimate of drug-likeness (QED) is 0.328. The highest BCUT2D eigenvalue weighted by molar-refractivity contribution is 7.99. The summed E-state index contributed by atoms with van der Waals surface area (Å²) in [5.41, 5.74) is 8.19. The van der Waals surface area contributed by atoms with E-state index in [1.165, 1.54) is 11.8 Å². The Kier molecular flexibility index (Phi) is 4.73. The molecule has 0 amide bonds. The Hall–Kier alpha value is -2.16. The Balaban J connectivity index is 2.54. The number of aromatic amines is 1. The first-order chi connectivity index (χ1) is 10.1. The monoisotopic (exact) mass is 307 g/mol. The molecular formula is C12H17N7OS. The lowest BCUT2D eigenvalue weighted by Crippen LogP contribution is -2.20. The number of nitrogens with two attached hydrogens (primary N) is 1. The van der Waals surface area contributed by atoms with E-state index < -0.39 is 0 Å². The molecule has 0 aliphatic rings. The van der Waals surface area contributed by atoms with Crippen molar-refractivity contribution in [1.82, 2.24) is 25.4 Å². The molecular weight excluding hydrogens is 290 g/mol. The van der Waals surface area contributed by atoms with Gasteiger partial charge in [-0.15, -0.1) is 10.2 Å². The SMILES string of the molecule is CCc1nnc(Sc2n[nH]c(C)n2)c(C(N)=NO)c1CC. The minimum Gasteiger partial charge on any atom is -0.409 e. The van der Waals surface area contributed by atoms with Gasteiger partial charge in [0.1, 0.15) is 10.9 Å². The van der Waals surface area contributed by atoms with Gasteiger partial charge in [0.25, 0.3) is 0 Å². The Labute approximate surface area is 126 Å². The minimum absolute atomic E-state index is 0.0196. The normalized spacial score (nSPS) is 11.9. The maximum atomic E-state index is 9.03. The fourth-order valence-corrected chi connectivity index (χ4v) is 2.85. The van der Waals surface area contributed by atoms with Crippen molar-refractivity contribution in [3.8, 4) is 0 Å². The van der Waals surface area contributed by atoms with Gasteiger partial charge in [-0.3, -0.25) is 5.10 Å². The summed E-state index contributed by atoms with van der Waals surface area (Å²) in [7, 11) is 0. The lowest BCUT2D eigenvalue weighted by molar-refractivity contribution is 0.318. The highest BCUT2D eigenvalue weighted by Crippen LogP contribution is 2.29. The number of amidine groups is 1. The van der Waals surface area contributed by atoms with Gasteiger partial charge >= 0.3 is 0 Å². The first-order valence-electron chi connectivity index (χ1n) is 6.53. The van der Waals surface area contributed by atoms with E-state index in [1.807, 2.05) is 20.8 Å². The predicted molar refractivity (Wildman–Crippen MR) is 78.5 cm³/mol. The number of hydrogen-bond acceptors (Lipinski definition) is 7. The third kappa shape index (κ3) is 3.13. The predicted octanol–water partition coefficient (Wildman–Crippen LogP) is 1.27. The van der Waals surface area contributed by atoms with Crippen molar-refractivity contribution in [2.75, 3.05) is 0 Å². The zero-order chi connectivity index (χ0) is 15.4. The fourth-order valence-electron chi connectivity index (χ4n) is 1.99. The molecule has 2 aromatic rings. The van der Waals surface area contributed by atoms with E-state index >= 15 is 0 Å². The molecule has 112 valence electrons. The standard InChI is InChI=1S/C12H17N7OS/c1-4-7-8(5-2)16-17-11(9(7)10(13)19-20)21-12-14-6(3)15-18-12/h20H,4-5H2,1-3H3,(H2,13,19)(H,14,15,18). The van der Waals surface area contributed by atoms with Gasteiger partial charge in [-0.25, -0.2) is 4.98 Å². The third-order valence-electron chi connectivity index (χ3n) is 2.94. The molecule has 0 atom stereocenters. The van der Waals surface area contributed by atoms with E-state index in [0.717, 1.165) is 17.7 Å². The van der Waals surface area contributed by atoms with Gasteiger partial charge in [-0.05, 0) is 37.1 Å². The largest absolute Gasteiger partial charge is 0.409 e. The van der Waals surface area contributed by atoms with Gasteiger partial charge in [0, 0.05) is 0 Å². The van der Waals surface area contributed by atoms with E-state index in [2.05, 4.69) is 30.5 Å². The third-order valence-corrected chi connectivity index (χ3v) is 3.79. The van der Waals surface area contributed by atoms with Crippen molar-refractivity contribution < 1.29 is 5.21 Å². The van der Waals surface area contributed by atoms with Gasteiger partial charge in [0.2, 0.25) is 5.16 Å². The second kappa shape index (κ2) is 6.53. The van der Waals surface area contributed by atoms with Crippen LogP contribution in [-0.4, -0.2) is 36.4 Å². The zero-order valence-electron chi connectivity index (χ0n) is 12.1. The van der Waals surface area contributed by atoms with Crippen LogP contribution in [0.3, 0.4) is 0 Å². The molecule has 0 fully saturated rings. The van der Waals surface area contributed by atoms with Crippen molar-refractivity contribution in [3.05, 3.63) is 22.6 Å². The van der Waals surface area contributed by atoms with Crippen LogP contribution in [0.15, 0.2) is 15.3 Å². The Morgan fingerprint density at radius 1 is 1.33 bits per heavy atom. The van der Waals surface area contributed by atoms with Crippen molar-refractivity contribution >= 4 is 17.6 Å². The second-order valence-electron chi connectivity index (χ2n) is 4.30. The molecule has 0 aliphatic carbocycles. The van der Waals surface area contributed by atoms with Crippen LogP contribution in [0, 0.1) is 6.92 Å². The lowest BCUT2D eigenvalue weighted by atomic mass is 10.0. The van der Waals surface area contributed by atoms with Crippen LogP contribution in [0.25, 0.3) is 0 Å². The van der Waals surface area contributed by atoms with Crippen LogP contribution in [0.4, 0.5) is 0 Å². The topological polar surface area (TPSA) is 126 Å². The van der Waals surface area contributed by atoms with Crippen LogP contribution in [-0.2, 0) is 12.8 Å². The summed E-state index contributed by atoms with van der Waals surface area (Å²) in [5, 5.41) is 28.4. The van der Waals surface area contributed by atoms with E-state index in [9.17, 15) is 0 Å². The number of H-pyrrole nitrogens is 1.